The molecule has 2 aromatic carbocycles. The number of fused-ring (bicyclic) bond motifs is 1. The maximum atomic E-state index is 13.8. The molecule has 37 heavy (non-hydrogen) atoms. The maximum absolute atomic E-state index is 13.8. The van der Waals surface area contributed by atoms with Crippen molar-refractivity contribution in [1.82, 2.24) is 10.3 Å². The van der Waals surface area contributed by atoms with Gasteiger partial charge >= 0.3 is 5.97 Å². The van der Waals surface area contributed by atoms with Crippen molar-refractivity contribution in [3.05, 3.63) is 71.4 Å². The summed E-state index contributed by atoms with van der Waals surface area (Å²) in [4.78, 5) is 43.1. The first kappa shape index (κ1) is 24.0. The van der Waals surface area contributed by atoms with Crippen molar-refractivity contribution in [2.24, 2.45) is 23.2 Å². The minimum Gasteiger partial charge on any atom is -0.456 e. The summed E-state index contributed by atoms with van der Waals surface area (Å²) in [5.41, 5.74) is 3.11. The highest BCUT2D eigenvalue weighted by atomic mass is 16.5. The lowest BCUT2D eigenvalue weighted by Gasteiger charge is -2.55. The van der Waals surface area contributed by atoms with E-state index >= 15 is 0 Å². The summed E-state index contributed by atoms with van der Waals surface area (Å²) in [5.74, 6) is 1.04. The summed E-state index contributed by atoms with van der Waals surface area (Å²) in [5, 5.41) is 4.12. The fraction of sp³-hybridized carbons (Fsp3) is 0.452. The lowest BCUT2D eigenvalue weighted by atomic mass is 9.49. The highest BCUT2D eigenvalue weighted by Crippen LogP contribution is 2.60. The van der Waals surface area contributed by atoms with Gasteiger partial charge in [0, 0.05) is 34.5 Å². The van der Waals surface area contributed by atoms with Gasteiger partial charge in [-0.3, -0.25) is 9.59 Å². The van der Waals surface area contributed by atoms with Crippen LogP contribution in [0.25, 0.3) is 10.9 Å². The lowest BCUT2D eigenvalue weighted by molar-refractivity contribution is -0.153. The lowest BCUT2D eigenvalue weighted by Crippen LogP contribution is -2.56. The fourth-order valence-corrected chi connectivity index (χ4v) is 7.47. The second-order valence-corrected chi connectivity index (χ2v) is 11.7. The number of para-hydroxylation sites is 1. The van der Waals surface area contributed by atoms with Gasteiger partial charge < -0.3 is 15.0 Å². The van der Waals surface area contributed by atoms with Crippen LogP contribution in [0.4, 0.5) is 0 Å². The van der Waals surface area contributed by atoms with Gasteiger partial charge in [0.15, 0.2) is 12.4 Å². The fourth-order valence-electron chi connectivity index (χ4n) is 7.47. The van der Waals surface area contributed by atoms with Gasteiger partial charge in [-0.25, -0.2) is 4.79 Å². The molecule has 4 saturated carbocycles. The molecule has 4 aliphatic rings. The van der Waals surface area contributed by atoms with Crippen LogP contribution in [0.1, 0.15) is 60.0 Å². The molecule has 4 bridgehead atoms. The standard InChI is InChI=1S/C31H34N2O4/c1-19-6-8-23(9-7-19)28(34)18-37-29(35)27(13-24-17-32-26-5-3-2-4-25(24)26)33-30(36)31-14-20-10-21(15-31)12-22(11-20)16-31/h2-9,17,20-22,27,32H,10-16,18H2,1H3,(H,33,36). The molecule has 1 heterocycles. The monoisotopic (exact) mass is 498 g/mol. The third-order valence-corrected chi connectivity index (χ3v) is 8.93. The molecule has 6 nitrogen and oxygen atoms in total. The Hall–Kier alpha value is -3.41. The SMILES string of the molecule is Cc1ccc(C(=O)COC(=O)C(Cc2c[nH]c3ccccc23)NC(=O)C23CC4CC(CC(C4)C2)C3)cc1. The molecule has 3 aromatic rings. The van der Waals surface area contributed by atoms with E-state index in [0.717, 1.165) is 41.3 Å². The van der Waals surface area contributed by atoms with Gasteiger partial charge in [0.25, 0.3) is 0 Å². The van der Waals surface area contributed by atoms with Gasteiger partial charge in [-0.2, -0.15) is 0 Å². The molecule has 0 saturated heterocycles. The van der Waals surface area contributed by atoms with Crippen LogP contribution in [0.5, 0.6) is 0 Å². The smallest absolute Gasteiger partial charge is 0.329 e. The number of aromatic amines is 1. The number of rotatable bonds is 8. The minimum absolute atomic E-state index is 0.0155. The zero-order valence-electron chi connectivity index (χ0n) is 21.3. The van der Waals surface area contributed by atoms with Crippen LogP contribution in [-0.2, 0) is 20.7 Å². The van der Waals surface area contributed by atoms with E-state index in [1.807, 2.05) is 49.5 Å². The molecule has 1 aromatic heterocycles. The Labute approximate surface area is 217 Å². The zero-order chi connectivity index (χ0) is 25.6. The molecule has 1 atom stereocenters. The van der Waals surface area contributed by atoms with E-state index < -0.39 is 12.0 Å². The number of hydrogen-bond donors (Lipinski definition) is 2. The highest BCUT2D eigenvalue weighted by molar-refractivity contribution is 5.98. The van der Waals surface area contributed by atoms with Crippen molar-refractivity contribution in [3.63, 3.8) is 0 Å². The van der Waals surface area contributed by atoms with Gasteiger partial charge in [0.2, 0.25) is 5.91 Å². The molecular weight excluding hydrogens is 464 g/mol. The van der Waals surface area contributed by atoms with Crippen LogP contribution >= 0.6 is 0 Å². The first-order chi connectivity index (χ1) is 17.9. The van der Waals surface area contributed by atoms with Crippen molar-refractivity contribution in [3.8, 4) is 0 Å². The van der Waals surface area contributed by atoms with Crippen LogP contribution in [-0.4, -0.2) is 35.3 Å². The van der Waals surface area contributed by atoms with Crippen molar-refractivity contribution < 1.29 is 19.1 Å². The van der Waals surface area contributed by atoms with E-state index in [4.69, 9.17) is 4.74 Å². The molecule has 0 radical (unpaired) electrons. The third kappa shape index (κ3) is 4.70. The number of carbonyl (C=O) groups is 3. The van der Waals surface area contributed by atoms with E-state index in [1.54, 1.807) is 12.1 Å². The van der Waals surface area contributed by atoms with Crippen LogP contribution in [0.15, 0.2) is 54.7 Å². The van der Waals surface area contributed by atoms with E-state index in [2.05, 4.69) is 10.3 Å². The summed E-state index contributed by atoms with van der Waals surface area (Å²) < 4.78 is 5.52. The summed E-state index contributed by atoms with van der Waals surface area (Å²) >= 11 is 0. The second kappa shape index (κ2) is 9.47. The third-order valence-electron chi connectivity index (χ3n) is 8.93. The zero-order valence-corrected chi connectivity index (χ0v) is 21.3. The largest absolute Gasteiger partial charge is 0.456 e. The topological polar surface area (TPSA) is 88.3 Å². The first-order valence-electron chi connectivity index (χ1n) is 13.5. The van der Waals surface area contributed by atoms with E-state index in [1.165, 1.54) is 19.3 Å². The molecule has 6 heteroatoms. The number of hydrogen-bond acceptors (Lipinski definition) is 4. The normalized spacial score (nSPS) is 26.7. The Morgan fingerprint density at radius 3 is 2.30 bits per heavy atom. The van der Waals surface area contributed by atoms with E-state index in [9.17, 15) is 14.4 Å². The van der Waals surface area contributed by atoms with Gasteiger partial charge in [0.1, 0.15) is 6.04 Å². The number of ether oxygens (including phenoxy) is 1. The number of carbonyl (C=O) groups excluding carboxylic acids is 3. The maximum Gasteiger partial charge on any atom is 0.329 e. The summed E-state index contributed by atoms with van der Waals surface area (Å²) in [7, 11) is 0. The molecule has 4 fully saturated rings. The van der Waals surface area contributed by atoms with Gasteiger partial charge in [0.05, 0.1) is 0 Å². The van der Waals surface area contributed by atoms with Gasteiger partial charge in [-0.1, -0.05) is 48.0 Å². The number of Topliss-reactive ketones (excluding diaryl/α,β-unsaturated/α-hetero) is 1. The Morgan fingerprint density at radius 1 is 0.973 bits per heavy atom. The van der Waals surface area contributed by atoms with Crippen molar-refractivity contribution >= 4 is 28.6 Å². The average Bonchev–Trinajstić information content (AvgIpc) is 3.29. The number of ketones is 1. The molecule has 0 spiro atoms. The number of amides is 1. The number of aryl methyl sites for hydroxylation is 1. The van der Waals surface area contributed by atoms with Crippen molar-refractivity contribution in [2.45, 2.75) is 57.9 Å². The number of nitrogens with one attached hydrogen (secondary N) is 2. The molecule has 2 N–H and O–H groups in total. The van der Waals surface area contributed by atoms with Gasteiger partial charge in [-0.15, -0.1) is 0 Å². The van der Waals surface area contributed by atoms with Gasteiger partial charge in [-0.05, 0) is 74.8 Å². The van der Waals surface area contributed by atoms with Crippen molar-refractivity contribution in [1.29, 1.82) is 0 Å². The molecule has 0 aliphatic heterocycles. The average molecular weight is 499 g/mol. The molecule has 1 amide bonds. The second-order valence-electron chi connectivity index (χ2n) is 11.7. The Balaban J connectivity index is 1.20. The molecule has 7 rings (SSSR count). The summed E-state index contributed by atoms with van der Waals surface area (Å²) in [6.45, 7) is 1.61. The Bertz CT molecular complexity index is 1300. The quantitative estimate of drug-likeness (QED) is 0.332. The van der Waals surface area contributed by atoms with Crippen molar-refractivity contribution in [2.75, 3.05) is 6.61 Å². The van der Waals surface area contributed by atoms with Crippen LogP contribution < -0.4 is 5.32 Å². The van der Waals surface area contributed by atoms with Crippen LogP contribution in [0.2, 0.25) is 0 Å². The molecule has 1 unspecified atom stereocenters. The summed E-state index contributed by atoms with van der Waals surface area (Å²) in [6.07, 6.45) is 8.69. The highest BCUT2D eigenvalue weighted by Gasteiger charge is 2.55. The number of benzene rings is 2. The van der Waals surface area contributed by atoms with Crippen LogP contribution in [0.3, 0.4) is 0 Å². The number of aromatic nitrogens is 1. The Kier molecular flexibility index (Phi) is 6.13. The molecular formula is C31H34N2O4. The number of H-pyrrole nitrogens is 1. The minimum atomic E-state index is -0.856. The summed E-state index contributed by atoms with van der Waals surface area (Å²) in [6, 6.07) is 14.3. The molecule has 192 valence electrons. The predicted molar refractivity (Wildman–Crippen MR) is 141 cm³/mol. The number of esters is 1. The van der Waals surface area contributed by atoms with E-state index in [-0.39, 0.29) is 23.7 Å². The molecule has 4 aliphatic carbocycles. The first-order valence-corrected chi connectivity index (χ1v) is 13.5. The van der Waals surface area contributed by atoms with E-state index in [0.29, 0.717) is 29.7 Å². The van der Waals surface area contributed by atoms with Crippen LogP contribution in [0, 0.1) is 30.1 Å². The predicted octanol–water partition coefficient (Wildman–Crippen LogP) is 5.15. The Morgan fingerprint density at radius 2 is 1.62 bits per heavy atom.